The van der Waals surface area contributed by atoms with Gasteiger partial charge < -0.3 is 4.90 Å². The van der Waals surface area contributed by atoms with Crippen LogP contribution < -0.4 is 0 Å². The smallest absolute Gasteiger partial charge is 0.244 e. The standard InChI is InChI=1S/C14H20Br2N2O2S/c1-10-7-13(16)14(8-12(10)15)21(19,20)18-6-4-5-11(18)9-17(2)3/h7-8,11H,4-6,9H2,1-3H3. The highest BCUT2D eigenvalue weighted by molar-refractivity contribution is 9.11. The van der Waals surface area contributed by atoms with E-state index in [1.54, 1.807) is 10.4 Å². The molecule has 0 radical (unpaired) electrons. The number of likely N-dealkylation sites (N-methyl/N-ethyl adjacent to an activating group) is 1. The number of hydrogen-bond donors (Lipinski definition) is 0. The molecule has 118 valence electrons. The first-order valence-corrected chi connectivity index (χ1v) is 9.88. The van der Waals surface area contributed by atoms with Gasteiger partial charge in [-0.1, -0.05) is 15.9 Å². The van der Waals surface area contributed by atoms with Crippen molar-refractivity contribution in [3.8, 4) is 0 Å². The van der Waals surface area contributed by atoms with Gasteiger partial charge in [-0.05, 0) is 67.5 Å². The highest BCUT2D eigenvalue weighted by Gasteiger charge is 2.36. The van der Waals surface area contributed by atoms with E-state index in [0.29, 0.717) is 15.9 Å². The molecule has 0 amide bonds. The Labute approximate surface area is 143 Å². The van der Waals surface area contributed by atoms with Crippen LogP contribution in [0, 0.1) is 6.92 Å². The Morgan fingerprint density at radius 1 is 1.29 bits per heavy atom. The van der Waals surface area contributed by atoms with Crippen molar-refractivity contribution in [2.75, 3.05) is 27.2 Å². The van der Waals surface area contributed by atoms with E-state index in [1.165, 1.54) is 0 Å². The van der Waals surface area contributed by atoms with E-state index in [-0.39, 0.29) is 6.04 Å². The molecule has 1 aliphatic heterocycles. The molecule has 0 aliphatic carbocycles. The summed E-state index contributed by atoms with van der Waals surface area (Å²) in [5.74, 6) is 0. The SMILES string of the molecule is Cc1cc(Br)c(S(=O)(=O)N2CCCC2CN(C)C)cc1Br. The molecule has 0 spiro atoms. The molecule has 1 unspecified atom stereocenters. The molecule has 21 heavy (non-hydrogen) atoms. The van der Waals surface area contributed by atoms with Crippen LogP contribution in [-0.2, 0) is 10.0 Å². The molecular formula is C14H20Br2N2O2S. The van der Waals surface area contributed by atoms with Crippen LogP contribution in [0.1, 0.15) is 18.4 Å². The zero-order valence-corrected chi connectivity index (χ0v) is 16.4. The molecule has 1 heterocycles. The third-order valence-corrected chi connectivity index (χ3v) is 7.46. The Bertz CT molecular complexity index is 632. The summed E-state index contributed by atoms with van der Waals surface area (Å²) in [5.41, 5.74) is 1.01. The highest BCUT2D eigenvalue weighted by atomic mass is 79.9. The normalized spacial score (nSPS) is 20.4. The van der Waals surface area contributed by atoms with Gasteiger partial charge in [0.15, 0.2) is 0 Å². The zero-order chi connectivity index (χ0) is 15.8. The summed E-state index contributed by atoms with van der Waals surface area (Å²) in [5, 5.41) is 0. The molecule has 4 nitrogen and oxygen atoms in total. The van der Waals surface area contributed by atoms with Crippen LogP contribution in [0.2, 0.25) is 0 Å². The fourth-order valence-electron chi connectivity index (χ4n) is 2.68. The summed E-state index contributed by atoms with van der Waals surface area (Å²) in [7, 11) is 0.474. The van der Waals surface area contributed by atoms with Crippen LogP contribution in [0.4, 0.5) is 0 Å². The first-order valence-electron chi connectivity index (χ1n) is 6.85. The molecular weight excluding hydrogens is 420 g/mol. The topological polar surface area (TPSA) is 40.6 Å². The summed E-state index contributed by atoms with van der Waals surface area (Å²) in [6, 6.07) is 3.59. The second-order valence-electron chi connectivity index (χ2n) is 5.71. The second-order valence-corrected chi connectivity index (χ2v) is 9.27. The third-order valence-electron chi connectivity index (χ3n) is 3.70. The van der Waals surface area contributed by atoms with Gasteiger partial charge in [-0.25, -0.2) is 8.42 Å². The van der Waals surface area contributed by atoms with Gasteiger partial charge in [0.25, 0.3) is 0 Å². The van der Waals surface area contributed by atoms with Gasteiger partial charge in [-0.2, -0.15) is 4.31 Å². The molecule has 7 heteroatoms. The molecule has 2 rings (SSSR count). The van der Waals surface area contributed by atoms with Gasteiger partial charge >= 0.3 is 0 Å². The Kier molecular flexibility index (Phi) is 5.52. The number of benzene rings is 1. The lowest BCUT2D eigenvalue weighted by atomic mass is 10.2. The lowest BCUT2D eigenvalue weighted by Crippen LogP contribution is -2.41. The van der Waals surface area contributed by atoms with E-state index >= 15 is 0 Å². The average molecular weight is 440 g/mol. The molecule has 0 saturated carbocycles. The molecule has 1 atom stereocenters. The van der Waals surface area contributed by atoms with Gasteiger partial charge in [0.2, 0.25) is 10.0 Å². The van der Waals surface area contributed by atoms with Crippen molar-refractivity contribution in [2.45, 2.75) is 30.7 Å². The Hall–Kier alpha value is 0.0500. The fraction of sp³-hybridized carbons (Fsp3) is 0.571. The van der Waals surface area contributed by atoms with E-state index in [9.17, 15) is 8.42 Å². The summed E-state index contributed by atoms with van der Waals surface area (Å²) >= 11 is 6.82. The predicted molar refractivity (Wildman–Crippen MR) is 92.0 cm³/mol. The number of aryl methyl sites for hydroxylation is 1. The van der Waals surface area contributed by atoms with Crippen LogP contribution in [0.5, 0.6) is 0 Å². The number of sulfonamides is 1. The maximum absolute atomic E-state index is 13.0. The molecule has 1 saturated heterocycles. The van der Waals surface area contributed by atoms with Crippen molar-refractivity contribution >= 4 is 41.9 Å². The largest absolute Gasteiger partial charge is 0.308 e. The summed E-state index contributed by atoms with van der Waals surface area (Å²) in [4.78, 5) is 2.38. The van der Waals surface area contributed by atoms with Gasteiger partial charge in [-0.3, -0.25) is 0 Å². The Morgan fingerprint density at radius 3 is 2.57 bits per heavy atom. The Morgan fingerprint density at radius 2 is 1.95 bits per heavy atom. The van der Waals surface area contributed by atoms with Crippen molar-refractivity contribution in [3.05, 3.63) is 26.6 Å². The van der Waals surface area contributed by atoms with Crippen molar-refractivity contribution in [2.24, 2.45) is 0 Å². The van der Waals surface area contributed by atoms with Crippen LogP contribution in [0.3, 0.4) is 0 Å². The van der Waals surface area contributed by atoms with E-state index in [4.69, 9.17) is 0 Å². The molecule has 0 bridgehead atoms. The highest BCUT2D eigenvalue weighted by Crippen LogP contribution is 2.33. The van der Waals surface area contributed by atoms with Crippen LogP contribution in [-0.4, -0.2) is 50.8 Å². The molecule has 1 fully saturated rings. The lowest BCUT2D eigenvalue weighted by molar-refractivity contribution is 0.291. The monoisotopic (exact) mass is 438 g/mol. The minimum Gasteiger partial charge on any atom is -0.308 e. The summed E-state index contributed by atoms with van der Waals surface area (Å²) in [6.07, 6.45) is 1.84. The Balaban J connectivity index is 2.40. The van der Waals surface area contributed by atoms with Crippen LogP contribution >= 0.6 is 31.9 Å². The number of nitrogens with zero attached hydrogens (tertiary/aromatic N) is 2. The van der Waals surface area contributed by atoms with Crippen LogP contribution in [0.25, 0.3) is 0 Å². The van der Waals surface area contributed by atoms with Crippen LogP contribution in [0.15, 0.2) is 26.0 Å². The minimum absolute atomic E-state index is 0.0528. The van der Waals surface area contributed by atoms with Crippen molar-refractivity contribution < 1.29 is 8.42 Å². The number of halogens is 2. The van der Waals surface area contributed by atoms with E-state index in [1.807, 2.05) is 32.0 Å². The van der Waals surface area contributed by atoms with Crippen molar-refractivity contribution in [3.63, 3.8) is 0 Å². The van der Waals surface area contributed by atoms with Crippen molar-refractivity contribution in [1.29, 1.82) is 0 Å². The summed E-state index contributed by atoms with van der Waals surface area (Å²) < 4.78 is 29.0. The van der Waals surface area contributed by atoms with Crippen molar-refractivity contribution in [1.82, 2.24) is 9.21 Å². The molecule has 1 aliphatic rings. The van der Waals surface area contributed by atoms with Gasteiger partial charge in [0.05, 0.1) is 4.90 Å². The van der Waals surface area contributed by atoms with Gasteiger partial charge in [0.1, 0.15) is 0 Å². The molecule has 0 aromatic heterocycles. The first-order chi connectivity index (χ1) is 9.73. The summed E-state index contributed by atoms with van der Waals surface area (Å²) in [6.45, 7) is 3.29. The number of hydrogen-bond acceptors (Lipinski definition) is 3. The maximum Gasteiger partial charge on any atom is 0.244 e. The molecule has 1 aromatic carbocycles. The average Bonchev–Trinajstić information content (AvgIpc) is 2.81. The third kappa shape index (κ3) is 3.69. The predicted octanol–water partition coefficient (Wildman–Crippen LogP) is 3.23. The minimum atomic E-state index is -3.47. The quantitative estimate of drug-likeness (QED) is 0.722. The van der Waals surface area contributed by atoms with Gasteiger partial charge in [0, 0.05) is 28.1 Å². The lowest BCUT2D eigenvalue weighted by Gasteiger charge is -2.27. The van der Waals surface area contributed by atoms with E-state index in [2.05, 4.69) is 31.9 Å². The van der Waals surface area contributed by atoms with E-state index < -0.39 is 10.0 Å². The zero-order valence-electron chi connectivity index (χ0n) is 12.4. The van der Waals surface area contributed by atoms with E-state index in [0.717, 1.165) is 29.4 Å². The first kappa shape index (κ1) is 17.4. The fourth-order valence-corrected chi connectivity index (χ4v) is 6.01. The van der Waals surface area contributed by atoms with Gasteiger partial charge in [-0.15, -0.1) is 0 Å². The molecule has 0 N–H and O–H groups in total. The second kappa shape index (κ2) is 6.66. The maximum atomic E-state index is 13.0. The number of rotatable bonds is 4. The molecule has 1 aromatic rings.